The first-order chi connectivity index (χ1) is 17.2. The van der Waals surface area contributed by atoms with Crippen LogP contribution < -0.4 is 4.74 Å². The van der Waals surface area contributed by atoms with E-state index in [1.54, 1.807) is 19.1 Å². The lowest BCUT2D eigenvalue weighted by molar-refractivity contribution is -0.270. The zero-order valence-electron chi connectivity index (χ0n) is 20.2. The topological polar surface area (TPSA) is 200 Å². The number of Topliss-reactive ketones (excluding diaryl/α,β-unsaturated/α-hetero) is 1. The molecule has 2 aromatic rings. The third-order valence-corrected chi connectivity index (χ3v) is 6.81. The van der Waals surface area contributed by atoms with E-state index in [4.69, 9.17) is 14.2 Å². The molecule has 6 N–H and O–H groups in total. The fraction of sp³-hybridized carbons (Fsp3) is 0.480. The number of fused-ring (bicyclic) bond motifs is 2. The molecule has 2 aromatic carbocycles. The Morgan fingerprint density at radius 3 is 2.46 bits per heavy atom. The first-order valence-corrected chi connectivity index (χ1v) is 11.5. The number of aromatic hydroxyl groups is 1. The van der Waals surface area contributed by atoms with Crippen LogP contribution in [0.2, 0.25) is 0 Å². The summed E-state index contributed by atoms with van der Waals surface area (Å²) in [6, 6.07) is 6.02. The van der Waals surface area contributed by atoms with E-state index in [1.165, 1.54) is 26.0 Å². The van der Waals surface area contributed by atoms with E-state index in [-0.39, 0.29) is 28.7 Å². The number of ether oxygens (including phenoxy) is 3. The summed E-state index contributed by atoms with van der Waals surface area (Å²) in [4.78, 5) is 36.1. The van der Waals surface area contributed by atoms with Crippen LogP contribution in [0, 0.1) is 0 Å². The molecule has 1 heterocycles. The Bertz CT molecular complexity index is 1250. The molecule has 1 aliphatic carbocycles. The highest BCUT2D eigenvalue weighted by Gasteiger charge is 2.49. The maximum Gasteiger partial charge on any atom is 0.335 e. The Kier molecular flexibility index (Phi) is 6.90. The van der Waals surface area contributed by atoms with E-state index < -0.39 is 71.8 Å². The Morgan fingerprint density at radius 2 is 1.84 bits per heavy atom. The number of aliphatic hydroxyl groups is 4. The van der Waals surface area contributed by atoms with Crippen LogP contribution in [0.4, 0.5) is 0 Å². The Morgan fingerprint density at radius 1 is 1.16 bits per heavy atom. The second-order valence-corrected chi connectivity index (χ2v) is 9.65. The molecular weight excluding hydrogens is 492 g/mol. The molecule has 1 saturated heterocycles. The van der Waals surface area contributed by atoms with Crippen molar-refractivity contribution in [2.75, 3.05) is 0 Å². The van der Waals surface area contributed by atoms with Gasteiger partial charge in [0.25, 0.3) is 0 Å². The number of rotatable bonds is 5. The molecule has 4 rings (SSSR count). The maximum atomic E-state index is 13.0. The third-order valence-electron chi connectivity index (χ3n) is 6.81. The highest BCUT2D eigenvalue weighted by atomic mass is 16.7. The number of hydrogen-bond donors (Lipinski definition) is 6. The smallest absolute Gasteiger partial charge is 0.335 e. The fourth-order valence-electron chi connectivity index (χ4n) is 5.28. The van der Waals surface area contributed by atoms with Crippen molar-refractivity contribution >= 4 is 28.5 Å². The molecule has 12 heteroatoms. The van der Waals surface area contributed by atoms with Gasteiger partial charge in [-0.3, -0.25) is 9.59 Å². The van der Waals surface area contributed by atoms with E-state index in [1.807, 2.05) is 0 Å². The van der Waals surface area contributed by atoms with Crippen LogP contribution in [0.25, 0.3) is 10.8 Å². The molecule has 0 saturated carbocycles. The van der Waals surface area contributed by atoms with E-state index >= 15 is 0 Å². The Balaban J connectivity index is 1.82. The third kappa shape index (κ3) is 4.62. The van der Waals surface area contributed by atoms with Crippen molar-refractivity contribution in [2.45, 2.75) is 75.5 Å². The molecule has 1 fully saturated rings. The lowest BCUT2D eigenvalue weighted by Gasteiger charge is -2.41. The number of carboxylic acids is 1. The van der Waals surface area contributed by atoms with Gasteiger partial charge in [-0.25, -0.2) is 4.79 Å². The van der Waals surface area contributed by atoms with E-state index in [9.17, 15) is 45.0 Å². The molecule has 0 amide bonds. The number of phenolic OH excluding ortho intramolecular Hbond substituents is 1. The minimum atomic E-state index is -1.91. The number of ketones is 1. The molecule has 1 unspecified atom stereocenters. The maximum absolute atomic E-state index is 13.0. The van der Waals surface area contributed by atoms with Crippen molar-refractivity contribution in [3.05, 3.63) is 35.4 Å². The number of aliphatic carboxylic acids is 1. The van der Waals surface area contributed by atoms with Gasteiger partial charge in [-0.2, -0.15) is 0 Å². The van der Waals surface area contributed by atoms with Gasteiger partial charge in [0.05, 0.1) is 22.5 Å². The molecule has 8 atom stereocenters. The van der Waals surface area contributed by atoms with Gasteiger partial charge in [-0.15, -0.1) is 0 Å². The van der Waals surface area contributed by atoms with Gasteiger partial charge in [-0.1, -0.05) is 12.1 Å². The molecule has 200 valence electrons. The number of phenols is 1. The predicted molar refractivity (Wildman–Crippen MR) is 124 cm³/mol. The number of hydrogen-bond acceptors (Lipinski definition) is 11. The summed E-state index contributed by atoms with van der Waals surface area (Å²) in [7, 11) is 0. The fourth-order valence-corrected chi connectivity index (χ4v) is 5.28. The van der Waals surface area contributed by atoms with E-state index in [2.05, 4.69) is 0 Å². The van der Waals surface area contributed by atoms with Gasteiger partial charge in [0.1, 0.15) is 35.9 Å². The lowest BCUT2D eigenvalue weighted by Crippen LogP contribution is -2.61. The molecule has 37 heavy (non-hydrogen) atoms. The summed E-state index contributed by atoms with van der Waals surface area (Å²) in [5.74, 6) is -4.21. The zero-order valence-corrected chi connectivity index (χ0v) is 20.2. The highest BCUT2D eigenvalue weighted by Crippen LogP contribution is 2.49. The minimum Gasteiger partial charge on any atom is -0.506 e. The molecule has 0 radical (unpaired) electrons. The highest BCUT2D eigenvalue weighted by molar-refractivity contribution is 6.09. The average Bonchev–Trinajstić information content (AvgIpc) is 2.77. The lowest BCUT2D eigenvalue weighted by atomic mass is 9.69. The average molecular weight is 520 g/mol. The second kappa shape index (κ2) is 9.54. The molecule has 2 aliphatic rings. The van der Waals surface area contributed by atoms with Crippen LogP contribution in [0.1, 0.15) is 49.0 Å². The van der Waals surface area contributed by atoms with Crippen molar-refractivity contribution in [1.29, 1.82) is 0 Å². The zero-order chi connectivity index (χ0) is 27.4. The van der Waals surface area contributed by atoms with Crippen LogP contribution in [-0.2, 0) is 19.1 Å². The SMILES string of the molecule is CC(=O)O[C@H](C)C1c2cc3cccc(O[C@@H]4O[C@H](C(=O)O)[C@@H](O)[C@H](O)[C@H]4O)c3c(O)c2C(=O)C[C@]1(C)O. The van der Waals surface area contributed by atoms with E-state index in [0.29, 0.717) is 5.39 Å². The van der Waals surface area contributed by atoms with Gasteiger partial charge in [0.2, 0.25) is 6.29 Å². The summed E-state index contributed by atoms with van der Waals surface area (Å²) in [6.07, 6.45) is -10.5. The quantitative estimate of drug-likeness (QED) is 0.293. The van der Waals surface area contributed by atoms with E-state index in [0.717, 1.165) is 0 Å². The minimum absolute atomic E-state index is 0.0262. The van der Waals surface area contributed by atoms with Crippen molar-refractivity contribution in [1.82, 2.24) is 0 Å². The molecule has 12 nitrogen and oxygen atoms in total. The van der Waals surface area contributed by atoms with Crippen LogP contribution in [0.15, 0.2) is 24.3 Å². The summed E-state index contributed by atoms with van der Waals surface area (Å²) in [5, 5.41) is 62.3. The van der Waals surface area contributed by atoms with Crippen LogP contribution in [0.3, 0.4) is 0 Å². The number of carbonyl (C=O) groups is 3. The normalized spacial score (nSPS) is 32.5. The van der Waals surface area contributed by atoms with Crippen LogP contribution in [0.5, 0.6) is 11.5 Å². The molecule has 0 aromatic heterocycles. The Hall–Kier alpha value is -3.29. The Labute approximate surface area is 210 Å². The summed E-state index contributed by atoms with van der Waals surface area (Å²) in [5.41, 5.74) is -1.44. The van der Waals surface area contributed by atoms with Crippen molar-refractivity contribution in [2.24, 2.45) is 0 Å². The summed E-state index contributed by atoms with van der Waals surface area (Å²) < 4.78 is 16.1. The number of carboxylic acid groups (broad SMARTS) is 1. The van der Waals surface area contributed by atoms with Crippen LogP contribution >= 0.6 is 0 Å². The van der Waals surface area contributed by atoms with Crippen molar-refractivity contribution in [3.8, 4) is 11.5 Å². The number of benzene rings is 2. The number of aliphatic hydroxyl groups excluding tert-OH is 3. The molecule has 1 aliphatic heterocycles. The molecule has 0 bridgehead atoms. The second-order valence-electron chi connectivity index (χ2n) is 9.65. The van der Waals surface area contributed by atoms with Crippen LogP contribution in [-0.4, -0.2) is 90.8 Å². The number of esters is 1. The van der Waals surface area contributed by atoms with Gasteiger partial charge in [0.15, 0.2) is 11.9 Å². The molecule has 0 spiro atoms. The number of carbonyl (C=O) groups excluding carboxylic acids is 2. The van der Waals surface area contributed by atoms with Gasteiger partial charge >= 0.3 is 11.9 Å². The largest absolute Gasteiger partial charge is 0.506 e. The summed E-state index contributed by atoms with van der Waals surface area (Å²) in [6.45, 7) is 4.23. The first-order valence-electron chi connectivity index (χ1n) is 11.5. The molecular formula is C25H28O12. The van der Waals surface area contributed by atoms with Gasteiger partial charge < -0.3 is 44.8 Å². The van der Waals surface area contributed by atoms with Gasteiger partial charge in [0, 0.05) is 13.3 Å². The first kappa shape index (κ1) is 26.8. The van der Waals surface area contributed by atoms with Crippen molar-refractivity contribution < 1.29 is 59.2 Å². The summed E-state index contributed by atoms with van der Waals surface area (Å²) >= 11 is 0. The predicted octanol–water partition coefficient (Wildman–Crippen LogP) is 0.189. The monoisotopic (exact) mass is 520 g/mol. The standard InChI is InChI=1S/C25H28O12/c1-9(35-10(2)26)17-12-7-11-5-4-6-14(15(11)18(28)16(12)13(27)8-25(17,3)34)36-24-21(31)19(29)20(30)22(37-24)23(32)33/h4-7,9,17,19-22,24,28-31,34H,8H2,1-3H3,(H,32,33)/t9-,17?,19+,20+,21-,22+,24-,25+/m1/s1. The van der Waals surface area contributed by atoms with Crippen molar-refractivity contribution in [3.63, 3.8) is 0 Å². The van der Waals surface area contributed by atoms with Gasteiger partial charge in [-0.05, 0) is 36.9 Å².